The normalized spacial score (nSPS) is 28.9. The SMILES string of the molecule is O=C(NC1CC2CNC1C2)c1cc2cccn2cn1. The quantitative estimate of drug-likeness (QED) is 0.836. The maximum Gasteiger partial charge on any atom is 0.270 e. The Morgan fingerprint density at radius 1 is 1.47 bits per heavy atom. The molecule has 1 aliphatic carbocycles. The first-order valence-electron chi connectivity index (χ1n) is 6.76. The lowest BCUT2D eigenvalue weighted by atomic mass is 10.1. The van der Waals surface area contributed by atoms with E-state index in [1.165, 1.54) is 6.42 Å². The van der Waals surface area contributed by atoms with Gasteiger partial charge in [-0.15, -0.1) is 0 Å². The summed E-state index contributed by atoms with van der Waals surface area (Å²) in [6.45, 7) is 1.10. The summed E-state index contributed by atoms with van der Waals surface area (Å²) in [6.07, 6.45) is 5.89. The summed E-state index contributed by atoms with van der Waals surface area (Å²) >= 11 is 0. The minimum atomic E-state index is -0.0666. The monoisotopic (exact) mass is 256 g/mol. The standard InChI is InChI=1S/C14H16N4O/c19-14(17-12-5-9-4-11(12)15-7-9)13-6-10-2-1-3-18(10)8-16-13/h1-3,6,8-9,11-12,15H,4-5,7H2,(H,17,19). The Labute approximate surface area is 111 Å². The number of fused-ring (bicyclic) bond motifs is 3. The third kappa shape index (κ3) is 1.81. The zero-order valence-corrected chi connectivity index (χ0v) is 10.5. The van der Waals surface area contributed by atoms with Crippen molar-refractivity contribution >= 4 is 11.4 Å². The molecule has 2 aromatic rings. The minimum Gasteiger partial charge on any atom is -0.346 e. The Morgan fingerprint density at radius 3 is 3.21 bits per heavy atom. The van der Waals surface area contributed by atoms with E-state index in [1.54, 1.807) is 6.33 Å². The number of carbonyl (C=O) groups excluding carboxylic acids is 1. The van der Waals surface area contributed by atoms with Gasteiger partial charge < -0.3 is 15.0 Å². The molecule has 1 aliphatic heterocycles. The van der Waals surface area contributed by atoms with E-state index in [9.17, 15) is 4.79 Å². The fourth-order valence-electron chi connectivity index (χ4n) is 3.32. The Bertz CT molecular complexity index is 635. The van der Waals surface area contributed by atoms with E-state index < -0.39 is 0 Å². The fraction of sp³-hybridized carbons (Fsp3) is 0.429. The van der Waals surface area contributed by atoms with Crippen molar-refractivity contribution < 1.29 is 4.79 Å². The average Bonchev–Trinajstić information content (AvgIpc) is 3.13. The van der Waals surface area contributed by atoms with Gasteiger partial charge in [0, 0.05) is 23.8 Å². The molecule has 2 bridgehead atoms. The minimum absolute atomic E-state index is 0.0666. The number of hydrogen-bond donors (Lipinski definition) is 2. The molecule has 3 heterocycles. The molecule has 5 heteroatoms. The van der Waals surface area contributed by atoms with Crippen LogP contribution in [0.4, 0.5) is 0 Å². The zero-order chi connectivity index (χ0) is 12.8. The van der Waals surface area contributed by atoms with Gasteiger partial charge in [0.2, 0.25) is 0 Å². The molecule has 1 saturated heterocycles. The molecule has 3 atom stereocenters. The largest absolute Gasteiger partial charge is 0.346 e. The van der Waals surface area contributed by atoms with E-state index in [2.05, 4.69) is 15.6 Å². The smallest absolute Gasteiger partial charge is 0.270 e. The van der Waals surface area contributed by atoms with Crippen LogP contribution in [0.3, 0.4) is 0 Å². The van der Waals surface area contributed by atoms with Gasteiger partial charge in [-0.25, -0.2) is 4.98 Å². The first kappa shape index (κ1) is 11.0. The molecule has 1 saturated carbocycles. The molecule has 2 aliphatic rings. The van der Waals surface area contributed by atoms with Crippen molar-refractivity contribution in [2.45, 2.75) is 24.9 Å². The Hall–Kier alpha value is -1.88. The van der Waals surface area contributed by atoms with E-state index in [0.29, 0.717) is 11.7 Å². The van der Waals surface area contributed by atoms with Crippen molar-refractivity contribution in [3.63, 3.8) is 0 Å². The summed E-state index contributed by atoms with van der Waals surface area (Å²) in [5.41, 5.74) is 1.49. The van der Waals surface area contributed by atoms with E-state index in [0.717, 1.165) is 24.4 Å². The van der Waals surface area contributed by atoms with Gasteiger partial charge in [0.25, 0.3) is 5.91 Å². The van der Waals surface area contributed by atoms with Gasteiger partial charge in [-0.1, -0.05) is 0 Å². The second-order valence-electron chi connectivity index (χ2n) is 5.55. The van der Waals surface area contributed by atoms with Crippen LogP contribution >= 0.6 is 0 Å². The molecule has 4 rings (SSSR count). The molecule has 2 N–H and O–H groups in total. The van der Waals surface area contributed by atoms with Crippen molar-refractivity contribution in [1.82, 2.24) is 20.0 Å². The van der Waals surface area contributed by atoms with Crippen molar-refractivity contribution in [2.24, 2.45) is 5.92 Å². The van der Waals surface area contributed by atoms with Crippen LogP contribution in [0.25, 0.3) is 5.52 Å². The molecule has 19 heavy (non-hydrogen) atoms. The van der Waals surface area contributed by atoms with Gasteiger partial charge in [-0.05, 0) is 43.5 Å². The van der Waals surface area contributed by atoms with Crippen molar-refractivity contribution in [3.8, 4) is 0 Å². The summed E-state index contributed by atoms with van der Waals surface area (Å²) in [6, 6.07) is 6.45. The van der Waals surface area contributed by atoms with Gasteiger partial charge in [0.15, 0.2) is 0 Å². The lowest BCUT2D eigenvalue weighted by Crippen LogP contribution is -2.48. The number of rotatable bonds is 2. The van der Waals surface area contributed by atoms with Crippen LogP contribution in [0.5, 0.6) is 0 Å². The number of nitrogens with one attached hydrogen (secondary N) is 2. The Morgan fingerprint density at radius 2 is 2.42 bits per heavy atom. The number of hydrogen-bond acceptors (Lipinski definition) is 3. The average molecular weight is 256 g/mol. The molecule has 1 amide bonds. The lowest BCUT2D eigenvalue weighted by Gasteiger charge is -2.23. The van der Waals surface area contributed by atoms with Crippen LogP contribution in [-0.2, 0) is 0 Å². The third-order valence-corrected chi connectivity index (χ3v) is 4.30. The Kier molecular flexibility index (Phi) is 2.35. The molecule has 2 fully saturated rings. The van der Waals surface area contributed by atoms with Gasteiger partial charge in [-0.3, -0.25) is 4.79 Å². The van der Waals surface area contributed by atoms with E-state index in [1.807, 2.05) is 28.8 Å². The zero-order valence-electron chi connectivity index (χ0n) is 10.5. The number of aromatic nitrogens is 2. The third-order valence-electron chi connectivity index (χ3n) is 4.30. The summed E-state index contributed by atoms with van der Waals surface area (Å²) in [5, 5.41) is 6.56. The van der Waals surface area contributed by atoms with E-state index >= 15 is 0 Å². The highest BCUT2D eigenvalue weighted by atomic mass is 16.2. The Balaban J connectivity index is 1.53. The first-order chi connectivity index (χ1) is 9.29. The molecular weight excluding hydrogens is 240 g/mol. The number of nitrogens with zero attached hydrogens (tertiary/aromatic N) is 2. The number of piperidine rings is 1. The van der Waals surface area contributed by atoms with Crippen molar-refractivity contribution in [3.05, 3.63) is 36.4 Å². The molecule has 0 aromatic carbocycles. The van der Waals surface area contributed by atoms with Crippen LogP contribution in [0, 0.1) is 5.92 Å². The van der Waals surface area contributed by atoms with Crippen LogP contribution in [0.15, 0.2) is 30.7 Å². The molecular formula is C14H16N4O. The first-order valence-corrected chi connectivity index (χ1v) is 6.76. The summed E-state index contributed by atoms with van der Waals surface area (Å²) < 4.78 is 1.90. The maximum atomic E-state index is 12.2. The van der Waals surface area contributed by atoms with Gasteiger partial charge in [0.1, 0.15) is 5.69 Å². The van der Waals surface area contributed by atoms with E-state index in [-0.39, 0.29) is 11.9 Å². The lowest BCUT2D eigenvalue weighted by molar-refractivity contribution is 0.0923. The molecule has 2 aromatic heterocycles. The molecule has 0 radical (unpaired) electrons. The molecule has 98 valence electrons. The fourth-order valence-corrected chi connectivity index (χ4v) is 3.32. The van der Waals surface area contributed by atoms with Crippen molar-refractivity contribution in [2.75, 3.05) is 6.54 Å². The summed E-state index contributed by atoms with van der Waals surface area (Å²) in [4.78, 5) is 16.4. The predicted molar refractivity (Wildman–Crippen MR) is 71.0 cm³/mol. The van der Waals surface area contributed by atoms with Crippen LogP contribution in [-0.4, -0.2) is 33.9 Å². The highest BCUT2D eigenvalue weighted by Crippen LogP contribution is 2.31. The number of amides is 1. The summed E-state index contributed by atoms with van der Waals surface area (Å²) in [7, 11) is 0. The van der Waals surface area contributed by atoms with Crippen molar-refractivity contribution in [1.29, 1.82) is 0 Å². The molecule has 3 unspecified atom stereocenters. The second kappa shape index (κ2) is 4.06. The van der Waals surface area contributed by atoms with Crippen LogP contribution < -0.4 is 10.6 Å². The number of carbonyl (C=O) groups is 1. The summed E-state index contributed by atoms with van der Waals surface area (Å²) in [5.74, 6) is 0.666. The van der Waals surface area contributed by atoms with Crippen LogP contribution in [0.2, 0.25) is 0 Å². The second-order valence-corrected chi connectivity index (χ2v) is 5.55. The van der Waals surface area contributed by atoms with Gasteiger partial charge in [0.05, 0.1) is 6.33 Å². The highest BCUT2D eigenvalue weighted by molar-refractivity contribution is 5.93. The molecule has 5 nitrogen and oxygen atoms in total. The predicted octanol–water partition coefficient (Wildman–Crippen LogP) is 0.814. The molecule has 0 spiro atoms. The van der Waals surface area contributed by atoms with Crippen LogP contribution in [0.1, 0.15) is 23.3 Å². The van der Waals surface area contributed by atoms with Gasteiger partial charge in [-0.2, -0.15) is 0 Å². The van der Waals surface area contributed by atoms with Gasteiger partial charge >= 0.3 is 0 Å². The maximum absolute atomic E-state index is 12.2. The van der Waals surface area contributed by atoms with E-state index in [4.69, 9.17) is 0 Å². The highest BCUT2D eigenvalue weighted by Gasteiger charge is 2.40. The topological polar surface area (TPSA) is 58.4 Å².